The summed E-state index contributed by atoms with van der Waals surface area (Å²) in [5, 5.41) is 2.36. The molecule has 1 amide bonds. The molecule has 1 aliphatic carbocycles. The standard InChI is InChI=1S/C13H17ClN2O/c1-9-6-7-10(8-15-9)12(14)13(17)16-11-4-2-3-5-11/h6-8,11-12H,2-5H2,1H3,(H,16,17). The van der Waals surface area contributed by atoms with Crippen LogP contribution in [-0.4, -0.2) is 16.9 Å². The maximum Gasteiger partial charge on any atom is 0.242 e. The molecule has 1 aromatic heterocycles. The van der Waals surface area contributed by atoms with Crippen LogP contribution in [0.3, 0.4) is 0 Å². The molecule has 1 unspecified atom stereocenters. The predicted octanol–water partition coefficient (Wildman–Crippen LogP) is 2.73. The number of aryl methyl sites for hydroxylation is 1. The van der Waals surface area contributed by atoms with Crippen LogP contribution in [0.25, 0.3) is 0 Å². The molecule has 1 aliphatic rings. The van der Waals surface area contributed by atoms with Crippen LogP contribution in [0.5, 0.6) is 0 Å². The summed E-state index contributed by atoms with van der Waals surface area (Å²) in [5.74, 6) is -0.107. The maximum atomic E-state index is 11.9. The fraction of sp³-hybridized carbons (Fsp3) is 0.538. The van der Waals surface area contributed by atoms with Gasteiger partial charge in [-0.3, -0.25) is 9.78 Å². The number of alkyl halides is 1. The van der Waals surface area contributed by atoms with Crippen molar-refractivity contribution in [3.05, 3.63) is 29.6 Å². The molecule has 17 heavy (non-hydrogen) atoms. The molecule has 0 aliphatic heterocycles. The minimum Gasteiger partial charge on any atom is -0.352 e. The van der Waals surface area contributed by atoms with Gasteiger partial charge in [-0.1, -0.05) is 18.9 Å². The molecular formula is C13H17ClN2O. The minimum absolute atomic E-state index is 0.107. The lowest BCUT2D eigenvalue weighted by atomic mass is 10.1. The van der Waals surface area contributed by atoms with E-state index in [1.807, 2.05) is 19.1 Å². The van der Waals surface area contributed by atoms with Crippen LogP contribution in [0.1, 0.15) is 42.3 Å². The Bertz CT molecular complexity index is 385. The Morgan fingerprint density at radius 1 is 1.47 bits per heavy atom. The summed E-state index contributed by atoms with van der Waals surface area (Å²) in [6.45, 7) is 1.91. The van der Waals surface area contributed by atoms with Gasteiger partial charge in [-0.15, -0.1) is 11.6 Å². The Kier molecular flexibility index (Phi) is 4.00. The molecule has 1 atom stereocenters. The van der Waals surface area contributed by atoms with Gasteiger partial charge in [0.05, 0.1) is 0 Å². The molecule has 0 radical (unpaired) electrons. The first kappa shape index (κ1) is 12.4. The van der Waals surface area contributed by atoms with Crippen LogP contribution in [0, 0.1) is 6.92 Å². The Morgan fingerprint density at radius 3 is 2.76 bits per heavy atom. The average molecular weight is 253 g/mol. The third-order valence-corrected chi connectivity index (χ3v) is 3.61. The SMILES string of the molecule is Cc1ccc(C(Cl)C(=O)NC2CCCC2)cn1. The molecule has 2 rings (SSSR count). The summed E-state index contributed by atoms with van der Waals surface area (Å²) in [4.78, 5) is 16.1. The van der Waals surface area contributed by atoms with Gasteiger partial charge >= 0.3 is 0 Å². The monoisotopic (exact) mass is 252 g/mol. The van der Waals surface area contributed by atoms with Crippen molar-refractivity contribution in [2.45, 2.75) is 44.0 Å². The van der Waals surface area contributed by atoms with E-state index in [-0.39, 0.29) is 5.91 Å². The van der Waals surface area contributed by atoms with E-state index in [4.69, 9.17) is 11.6 Å². The second kappa shape index (κ2) is 5.50. The third-order valence-electron chi connectivity index (χ3n) is 3.16. The van der Waals surface area contributed by atoms with Crippen molar-refractivity contribution in [1.29, 1.82) is 0 Å². The van der Waals surface area contributed by atoms with Crippen LogP contribution in [0.4, 0.5) is 0 Å². The van der Waals surface area contributed by atoms with Crippen LogP contribution < -0.4 is 5.32 Å². The number of aromatic nitrogens is 1. The molecule has 0 bridgehead atoms. The molecule has 3 nitrogen and oxygen atoms in total. The quantitative estimate of drug-likeness (QED) is 0.841. The number of amides is 1. The first-order valence-electron chi connectivity index (χ1n) is 6.04. The molecule has 0 spiro atoms. The van der Waals surface area contributed by atoms with Gasteiger partial charge < -0.3 is 5.32 Å². The molecule has 1 N–H and O–H groups in total. The normalized spacial score (nSPS) is 18.0. The number of hydrogen-bond acceptors (Lipinski definition) is 2. The van der Waals surface area contributed by atoms with Crippen LogP contribution in [0.15, 0.2) is 18.3 Å². The van der Waals surface area contributed by atoms with E-state index in [9.17, 15) is 4.79 Å². The number of pyridine rings is 1. The number of hydrogen-bond donors (Lipinski definition) is 1. The van der Waals surface area contributed by atoms with Crippen molar-refractivity contribution in [2.24, 2.45) is 0 Å². The molecule has 1 aromatic rings. The first-order valence-corrected chi connectivity index (χ1v) is 6.47. The highest BCUT2D eigenvalue weighted by Gasteiger charge is 2.23. The van der Waals surface area contributed by atoms with Gasteiger partial charge in [-0.25, -0.2) is 0 Å². The summed E-state index contributed by atoms with van der Waals surface area (Å²) in [6.07, 6.45) is 6.21. The molecule has 1 saturated carbocycles. The van der Waals surface area contributed by atoms with Gasteiger partial charge in [0.25, 0.3) is 0 Å². The molecule has 0 saturated heterocycles. The van der Waals surface area contributed by atoms with Crippen molar-refractivity contribution in [3.63, 3.8) is 0 Å². The van der Waals surface area contributed by atoms with Crippen molar-refractivity contribution in [3.8, 4) is 0 Å². The second-order valence-corrected chi connectivity index (χ2v) is 5.02. The Labute approximate surface area is 107 Å². The molecule has 1 fully saturated rings. The highest BCUT2D eigenvalue weighted by atomic mass is 35.5. The van der Waals surface area contributed by atoms with Gasteiger partial charge in [0, 0.05) is 17.9 Å². The lowest BCUT2D eigenvalue weighted by molar-refractivity contribution is -0.121. The highest BCUT2D eigenvalue weighted by molar-refractivity contribution is 6.30. The van der Waals surface area contributed by atoms with E-state index in [2.05, 4.69) is 10.3 Å². The van der Waals surface area contributed by atoms with E-state index < -0.39 is 5.38 Å². The Morgan fingerprint density at radius 2 is 2.18 bits per heavy atom. The second-order valence-electron chi connectivity index (χ2n) is 4.59. The summed E-state index contributed by atoms with van der Waals surface area (Å²) in [7, 11) is 0. The highest BCUT2D eigenvalue weighted by Crippen LogP contribution is 2.23. The lowest BCUT2D eigenvalue weighted by Gasteiger charge is -2.15. The van der Waals surface area contributed by atoms with Gasteiger partial charge in [-0.05, 0) is 31.4 Å². The molecule has 1 heterocycles. The fourth-order valence-electron chi connectivity index (χ4n) is 2.13. The molecule has 0 aromatic carbocycles. The number of rotatable bonds is 3. The van der Waals surface area contributed by atoms with Crippen LogP contribution >= 0.6 is 11.6 Å². The van der Waals surface area contributed by atoms with E-state index in [0.717, 1.165) is 24.1 Å². The van der Waals surface area contributed by atoms with Gasteiger partial charge in [0.1, 0.15) is 5.38 Å². The molecule has 92 valence electrons. The number of carbonyl (C=O) groups excluding carboxylic acids is 1. The lowest BCUT2D eigenvalue weighted by Crippen LogP contribution is -2.34. The number of nitrogens with zero attached hydrogens (tertiary/aromatic N) is 1. The number of carbonyl (C=O) groups is 1. The van der Waals surface area contributed by atoms with Crippen molar-refractivity contribution >= 4 is 17.5 Å². The maximum absolute atomic E-state index is 11.9. The van der Waals surface area contributed by atoms with Crippen LogP contribution in [-0.2, 0) is 4.79 Å². The third kappa shape index (κ3) is 3.19. The first-order chi connectivity index (χ1) is 8.16. The van der Waals surface area contributed by atoms with E-state index in [0.29, 0.717) is 6.04 Å². The summed E-state index contributed by atoms with van der Waals surface area (Å²) < 4.78 is 0. The van der Waals surface area contributed by atoms with E-state index in [1.54, 1.807) is 6.20 Å². The molecule has 4 heteroatoms. The zero-order chi connectivity index (χ0) is 12.3. The number of nitrogens with one attached hydrogen (secondary N) is 1. The minimum atomic E-state index is -0.635. The summed E-state index contributed by atoms with van der Waals surface area (Å²) in [6, 6.07) is 4.03. The number of halogens is 1. The van der Waals surface area contributed by atoms with Gasteiger partial charge in [-0.2, -0.15) is 0 Å². The average Bonchev–Trinajstić information content (AvgIpc) is 2.82. The zero-order valence-corrected chi connectivity index (χ0v) is 10.7. The van der Waals surface area contributed by atoms with Crippen molar-refractivity contribution in [2.75, 3.05) is 0 Å². The molecular weight excluding hydrogens is 236 g/mol. The van der Waals surface area contributed by atoms with Gasteiger partial charge in [0.15, 0.2) is 0 Å². The predicted molar refractivity (Wildman–Crippen MR) is 68.0 cm³/mol. The smallest absolute Gasteiger partial charge is 0.242 e. The summed E-state index contributed by atoms with van der Waals surface area (Å²) in [5.41, 5.74) is 1.68. The van der Waals surface area contributed by atoms with Gasteiger partial charge in [0.2, 0.25) is 5.91 Å². The van der Waals surface area contributed by atoms with E-state index in [1.165, 1.54) is 12.8 Å². The van der Waals surface area contributed by atoms with E-state index >= 15 is 0 Å². The zero-order valence-electron chi connectivity index (χ0n) is 9.95. The Balaban J connectivity index is 1.96. The largest absolute Gasteiger partial charge is 0.352 e. The summed E-state index contributed by atoms with van der Waals surface area (Å²) >= 11 is 6.14. The van der Waals surface area contributed by atoms with Crippen LogP contribution in [0.2, 0.25) is 0 Å². The topological polar surface area (TPSA) is 42.0 Å². The van der Waals surface area contributed by atoms with Crippen molar-refractivity contribution in [1.82, 2.24) is 10.3 Å². The fourth-order valence-corrected chi connectivity index (χ4v) is 2.32. The Hall–Kier alpha value is -1.09. The van der Waals surface area contributed by atoms with Crippen molar-refractivity contribution < 1.29 is 4.79 Å².